The molecule has 0 aromatic carbocycles. The van der Waals surface area contributed by atoms with Crippen LogP contribution in [0.2, 0.25) is 0 Å². The van der Waals surface area contributed by atoms with E-state index in [1.807, 2.05) is 20.8 Å². The highest BCUT2D eigenvalue weighted by Crippen LogP contribution is 2.22. The molecule has 27 heavy (non-hydrogen) atoms. The number of nitrogens with one attached hydrogen (secondary N) is 2. The molecule has 8 heteroatoms. The number of nitrogens with zero attached hydrogens (tertiary/aromatic N) is 2. The molecule has 8 nitrogen and oxygen atoms in total. The SMILES string of the molecule is COC[C@@H]1CCCN1C(=O)CNC(=O)NC(CN1CCCC1=O)C(C)(C)C. The molecule has 1 unspecified atom stereocenters. The van der Waals surface area contributed by atoms with Crippen LogP contribution in [0.5, 0.6) is 0 Å². The van der Waals surface area contributed by atoms with Crippen LogP contribution in [-0.2, 0) is 14.3 Å². The Morgan fingerprint density at radius 1 is 1.26 bits per heavy atom. The third kappa shape index (κ3) is 6.09. The summed E-state index contributed by atoms with van der Waals surface area (Å²) in [7, 11) is 1.63. The van der Waals surface area contributed by atoms with Gasteiger partial charge in [0.2, 0.25) is 11.8 Å². The summed E-state index contributed by atoms with van der Waals surface area (Å²) in [4.78, 5) is 40.3. The average Bonchev–Trinajstić information content (AvgIpc) is 3.21. The average molecular weight is 383 g/mol. The fourth-order valence-corrected chi connectivity index (χ4v) is 3.65. The summed E-state index contributed by atoms with van der Waals surface area (Å²) in [5.74, 6) is 0.0478. The highest BCUT2D eigenvalue weighted by molar-refractivity contribution is 5.84. The second-order valence-electron chi connectivity index (χ2n) is 8.53. The van der Waals surface area contributed by atoms with Gasteiger partial charge in [-0.25, -0.2) is 4.79 Å². The normalized spacial score (nSPS) is 21.5. The van der Waals surface area contributed by atoms with Gasteiger partial charge in [0.15, 0.2) is 0 Å². The van der Waals surface area contributed by atoms with E-state index in [0.717, 1.165) is 25.8 Å². The van der Waals surface area contributed by atoms with Crippen molar-refractivity contribution in [3.8, 4) is 0 Å². The quantitative estimate of drug-likeness (QED) is 0.686. The van der Waals surface area contributed by atoms with Gasteiger partial charge >= 0.3 is 6.03 Å². The van der Waals surface area contributed by atoms with Gasteiger partial charge in [-0.3, -0.25) is 9.59 Å². The van der Waals surface area contributed by atoms with Crippen molar-refractivity contribution in [2.45, 2.75) is 58.5 Å². The molecule has 2 fully saturated rings. The van der Waals surface area contributed by atoms with Crippen molar-refractivity contribution in [2.75, 3.05) is 39.9 Å². The van der Waals surface area contributed by atoms with E-state index in [0.29, 0.717) is 26.1 Å². The van der Waals surface area contributed by atoms with Crippen molar-refractivity contribution in [1.82, 2.24) is 20.4 Å². The number of likely N-dealkylation sites (tertiary alicyclic amines) is 2. The molecule has 0 bridgehead atoms. The van der Waals surface area contributed by atoms with Crippen LogP contribution in [0, 0.1) is 5.41 Å². The first-order chi connectivity index (χ1) is 12.7. The van der Waals surface area contributed by atoms with Crippen LogP contribution >= 0.6 is 0 Å². The largest absolute Gasteiger partial charge is 0.383 e. The maximum absolute atomic E-state index is 12.4. The summed E-state index contributed by atoms with van der Waals surface area (Å²) in [6.07, 6.45) is 3.34. The van der Waals surface area contributed by atoms with Gasteiger partial charge in [0.1, 0.15) is 0 Å². The number of hydrogen-bond donors (Lipinski definition) is 2. The van der Waals surface area contributed by atoms with Gasteiger partial charge < -0.3 is 25.2 Å². The maximum Gasteiger partial charge on any atom is 0.315 e. The van der Waals surface area contributed by atoms with E-state index in [1.165, 1.54) is 0 Å². The number of rotatable bonds is 7. The van der Waals surface area contributed by atoms with Crippen LogP contribution in [-0.4, -0.2) is 79.6 Å². The summed E-state index contributed by atoms with van der Waals surface area (Å²) in [6, 6.07) is -0.476. The number of methoxy groups -OCH3 is 1. The fraction of sp³-hybridized carbons (Fsp3) is 0.842. The van der Waals surface area contributed by atoms with E-state index in [4.69, 9.17) is 4.74 Å². The second kappa shape index (κ2) is 9.39. The Morgan fingerprint density at radius 2 is 2.00 bits per heavy atom. The van der Waals surface area contributed by atoms with Crippen molar-refractivity contribution in [3.63, 3.8) is 0 Å². The summed E-state index contributed by atoms with van der Waals surface area (Å²) < 4.78 is 5.17. The van der Waals surface area contributed by atoms with Gasteiger partial charge in [-0.15, -0.1) is 0 Å². The molecule has 2 rings (SSSR count). The minimum absolute atomic E-state index is 0.0362. The summed E-state index contributed by atoms with van der Waals surface area (Å²) in [6.45, 7) is 8.52. The molecule has 2 saturated heterocycles. The molecule has 2 aliphatic heterocycles. The molecule has 0 radical (unpaired) electrons. The number of ether oxygens (including phenoxy) is 1. The third-order valence-corrected chi connectivity index (χ3v) is 5.38. The fourth-order valence-electron chi connectivity index (χ4n) is 3.65. The molecular formula is C19H34N4O4. The minimum atomic E-state index is -0.377. The molecule has 2 atom stereocenters. The number of urea groups is 1. The zero-order valence-corrected chi connectivity index (χ0v) is 17.0. The lowest BCUT2D eigenvalue weighted by Crippen LogP contribution is -2.54. The Hall–Kier alpha value is -1.83. The minimum Gasteiger partial charge on any atom is -0.383 e. The van der Waals surface area contributed by atoms with E-state index < -0.39 is 0 Å². The zero-order chi connectivity index (χ0) is 20.0. The molecular weight excluding hydrogens is 348 g/mol. The lowest BCUT2D eigenvalue weighted by atomic mass is 9.86. The molecule has 2 heterocycles. The summed E-state index contributed by atoms with van der Waals surface area (Å²) >= 11 is 0. The standard InChI is InChI=1S/C19H34N4O4/c1-19(2,3)15(12-22-9-6-8-16(22)24)21-18(26)20-11-17(25)23-10-5-7-14(23)13-27-4/h14-15H,5-13H2,1-4H3,(H2,20,21,26)/t14-,15?/m0/s1. The van der Waals surface area contributed by atoms with Crippen molar-refractivity contribution in [1.29, 1.82) is 0 Å². The van der Waals surface area contributed by atoms with Crippen molar-refractivity contribution in [3.05, 3.63) is 0 Å². The van der Waals surface area contributed by atoms with E-state index >= 15 is 0 Å². The first-order valence-electron chi connectivity index (χ1n) is 9.83. The van der Waals surface area contributed by atoms with Crippen LogP contribution in [0.1, 0.15) is 46.5 Å². The molecule has 0 saturated carbocycles. The smallest absolute Gasteiger partial charge is 0.315 e. The highest BCUT2D eigenvalue weighted by Gasteiger charge is 2.32. The Balaban J connectivity index is 1.84. The second-order valence-corrected chi connectivity index (χ2v) is 8.53. The lowest BCUT2D eigenvalue weighted by molar-refractivity contribution is -0.131. The number of hydrogen-bond acceptors (Lipinski definition) is 4. The predicted octanol–water partition coefficient (Wildman–Crippen LogP) is 0.960. The topological polar surface area (TPSA) is 91.0 Å². The van der Waals surface area contributed by atoms with Crippen LogP contribution in [0.4, 0.5) is 4.79 Å². The van der Waals surface area contributed by atoms with E-state index in [9.17, 15) is 14.4 Å². The Kier molecular flexibility index (Phi) is 7.47. The molecule has 154 valence electrons. The number of carbonyl (C=O) groups excluding carboxylic acids is 3. The molecule has 2 N–H and O–H groups in total. The number of carbonyl (C=O) groups is 3. The van der Waals surface area contributed by atoms with E-state index in [1.54, 1.807) is 16.9 Å². The van der Waals surface area contributed by atoms with Crippen LogP contribution in [0.3, 0.4) is 0 Å². The van der Waals surface area contributed by atoms with E-state index in [-0.39, 0.29) is 41.9 Å². The molecule has 0 spiro atoms. The highest BCUT2D eigenvalue weighted by atomic mass is 16.5. The van der Waals surface area contributed by atoms with Gasteiger partial charge in [-0.05, 0) is 24.7 Å². The van der Waals surface area contributed by atoms with Crippen LogP contribution in [0.25, 0.3) is 0 Å². The van der Waals surface area contributed by atoms with E-state index in [2.05, 4.69) is 10.6 Å². The molecule has 0 aliphatic carbocycles. The lowest BCUT2D eigenvalue weighted by Gasteiger charge is -2.34. The number of amides is 4. The van der Waals surface area contributed by atoms with Gasteiger partial charge in [-0.2, -0.15) is 0 Å². The van der Waals surface area contributed by atoms with Crippen LogP contribution in [0.15, 0.2) is 0 Å². The van der Waals surface area contributed by atoms with Crippen molar-refractivity contribution in [2.24, 2.45) is 5.41 Å². The van der Waals surface area contributed by atoms with Gasteiger partial charge in [0.25, 0.3) is 0 Å². The van der Waals surface area contributed by atoms with Crippen molar-refractivity contribution >= 4 is 17.8 Å². The monoisotopic (exact) mass is 382 g/mol. The molecule has 4 amide bonds. The Morgan fingerprint density at radius 3 is 2.59 bits per heavy atom. The van der Waals surface area contributed by atoms with Crippen molar-refractivity contribution < 1.29 is 19.1 Å². The zero-order valence-electron chi connectivity index (χ0n) is 17.0. The van der Waals surface area contributed by atoms with Gasteiger partial charge in [0, 0.05) is 33.2 Å². The van der Waals surface area contributed by atoms with Gasteiger partial charge in [0.05, 0.1) is 25.2 Å². The summed E-state index contributed by atoms with van der Waals surface area (Å²) in [5, 5.41) is 5.62. The molecule has 0 aromatic heterocycles. The predicted molar refractivity (Wildman–Crippen MR) is 102 cm³/mol. The Labute approximate surface area is 162 Å². The first kappa shape index (κ1) is 21.5. The molecule has 2 aliphatic rings. The summed E-state index contributed by atoms with van der Waals surface area (Å²) in [5.41, 5.74) is -0.206. The first-order valence-corrected chi connectivity index (χ1v) is 9.83. The van der Waals surface area contributed by atoms with Gasteiger partial charge in [-0.1, -0.05) is 20.8 Å². The van der Waals surface area contributed by atoms with Crippen LogP contribution < -0.4 is 10.6 Å². The maximum atomic E-state index is 12.4. The molecule has 0 aromatic rings. The Bertz CT molecular complexity index is 546. The third-order valence-electron chi connectivity index (χ3n) is 5.38.